The molecule has 10 heteroatoms. The van der Waals surface area contributed by atoms with E-state index >= 15 is 0 Å². The number of amides is 3. The Morgan fingerprint density at radius 2 is 1.81 bits per heavy atom. The summed E-state index contributed by atoms with van der Waals surface area (Å²) in [4.78, 5) is 51.8. The number of aromatic nitrogens is 1. The van der Waals surface area contributed by atoms with Crippen LogP contribution in [0.3, 0.4) is 0 Å². The highest BCUT2D eigenvalue weighted by Gasteiger charge is 2.28. The molecule has 3 N–H and O–H groups in total. The molecule has 0 spiro atoms. The average molecular weight is 508 g/mol. The molecule has 37 heavy (non-hydrogen) atoms. The van der Waals surface area contributed by atoms with Crippen molar-refractivity contribution in [3.05, 3.63) is 80.9 Å². The standard InChI is InChI=1S/C27H30FN5O4/c1-16-9-11-21(20(28)13-16)31-25-23(26(36)30-4)24(17(2)27(37)32(25)5)33(15-34)19-8-6-7-18(14-19)10-12-22(35)29-3/h6-9,11,13-15,31H,10,12H2,1-5H3,(H,29,35)(H,30,36). The minimum absolute atomic E-state index is 0.00932. The van der Waals surface area contributed by atoms with Crippen molar-refractivity contribution >= 4 is 41.1 Å². The van der Waals surface area contributed by atoms with E-state index in [0.717, 1.165) is 5.56 Å². The minimum Gasteiger partial charge on any atom is -0.359 e. The van der Waals surface area contributed by atoms with Crippen LogP contribution in [0.5, 0.6) is 0 Å². The van der Waals surface area contributed by atoms with Gasteiger partial charge in [-0.2, -0.15) is 0 Å². The molecule has 0 unspecified atom stereocenters. The van der Waals surface area contributed by atoms with Gasteiger partial charge in [0.15, 0.2) is 0 Å². The fourth-order valence-corrected chi connectivity index (χ4v) is 4.05. The summed E-state index contributed by atoms with van der Waals surface area (Å²) in [7, 11) is 4.44. The average Bonchev–Trinajstić information content (AvgIpc) is 2.89. The van der Waals surface area contributed by atoms with E-state index < -0.39 is 17.3 Å². The van der Waals surface area contributed by atoms with Gasteiger partial charge in [-0.1, -0.05) is 18.2 Å². The Labute approximate surface area is 214 Å². The van der Waals surface area contributed by atoms with Gasteiger partial charge in [-0.05, 0) is 55.7 Å². The number of benzene rings is 2. The van der Waals surface area contributed by atoms with Crippen LogP contribution in [-0.4, -0.2) is 36.9 Å². The van der Waals surface area contributed by atoms with Crippen molar-refractivity contribution in [1.29, 1.82) is 0 Å². The van der Waals surface area contributed by atoms with Crippen LogP contribution < -0.4 is 26.4 Å². The van der Waals surface area contributed by atoms with Crippen LogP contribution in [0.4, 0.5) is 27.3 Å². The Morgan fingerprint density at radius 1 is 1.08 bits per heavy atom. The molecular formula is C27H30FN5O4. The smallest absolute Gasteiger partial charge is 0.256 e. The third kappa shape index (κ3) is 5.69. The number of rotatable bonds is 9. The van der Waals surface area contributed by atoms with Crippen molar-refractivity contribution in [1.82, 2.24) is 15.2 Å². The monoisotopic (exact) mass is 507 g/mol. The van der Waals surface area contributed by atoms with Gasteiger partial charge < -0.3 is 16.0 Å². The number of aryl methyl sites for hydroxylation is 2. The molecule has 0 aliphatic rings. The lowest BCUT2D eigenvalue weighted by atomic mass is 10.0. The van der Waals surface area contributed by atoms with Crippen LogP contribution in [0.25, 0.3) is 0 Å². The number of anilines is 4. The predicted octanol–water partition coefficient (Wildman–Crippen LogP) is 3.22. The lowest BCUT2D eigenvalue weighted by Gasteiger charge is -2.26. The molecule has 3 amide bonds. The summed E-state index contributed by atoms with van der Waals surface area (Å²) in [6.45, 7) is 3.26. The number of carbonyl (C=O) groups excluding carboxylic acids is 3. The number of pyridine rings is 1. The van der Waals surface area contributed by atoms with Crippen LogP contribution in [0.15, 0.2) is 47.3 Å². The number of hydrogen-bond donors (Lipinski definition) is 3. The lowest BCUT2D eigenvalue weighted by Crippen LogP contribution is -2.33. The third-order valence-corrected chi connectivity index (χ3v) is 6.08. The van der Waals surface area contributed by atoms with Gasteiger partial charge in [0.1, 0.15) is 17.2 Å². The second-order valence-electron chi connectivity index (χ2n) is 8.57. The maximum absolute atomic E-state index is 14.7. The maximum atomic E-state index is 14.7. The molecule has 0 saturated heterocycles. The first-order chi connectivity index (χ1) is 17.6. The normalized spacial score (nSPS) is 10.5. The molecule has 2 aromatic carbocycles. The first-order valence-electron chi connectivity index (χ1n) is 11.7. The Morgan fingerprint density at radius 3 is 2.43 bits per heavy atom. The Balaban J connectivity index is 2.23. The third-order valence-electron chi connectivity index (χ3n) is 6.08. The van der Waals surface area contributed by atoms with Crippen molar-refractivity contribution in [3.63, 3.8) is 0 Å². The lowest BCUT2D eigenvalue weighted by molar-refractivity contribution is -0.120. The van der Waals surface area contributed by atoms with E-state index in [4.69, 9.17) is 0 Å². The van der Waals surface area contributed by atoms with Gasteiger partial charge in [-0.3, -0.25) is 28.6 Å². The molecule has 9 nitrogen and oxygen atoms in total. The Kier molecular flexibility index (Phi) is 8.44. The van der Waals surface area contributed by atoms with Crippen molar-refractivity contribution in [2.24, 2.45) is 7.05 Å². The van der Waals surface area contributed by atoms with Gasteiger partial charge in [0.05, 0.1) is 11.4 Å². The summed E-state index contributed by atoms with van der Waals surface area (Å²) in [6, 6.07) is 11.5. The number of halogens is 1. The minimum atomic E-state index is -0.577. The molecule has 0 fully saturated rings. The van der Waals surface area contributed by atoms with Crippen LogP contribution in [-0.2, 0) is 23.1 Å². The van der Waals surface area contributed by atoms with Gasteiger partial charge in [0.25, 0.3) is 11.5 Å². The van der Waals surface area contributed by atoms with E-state index in [0.29, 0.717) is 24.1 Å². The summed E-state index contributed by atoms with van der Waals surface area (Å²) >= 11 is 0. The maximum Gasteiger partial charge on any atom is 0.256 e. The van der Waals surface area contributed by atoms with E-state index in [2.05, 4.69) is 16.0 Å². The SMILES string of the molecule is CNC(=O)CCc1cccc(N(C=O)c2c(C(=O)NC)c(Nc3ccc(C)cc3F)n(C)c(=O)c2C)c1. The molecular weight excluding hydrogens is 477 g/mol. The molecule has 3 rings (SSSR count). The molecule has 1 aromatic heterocycles. The van der Waals surface area contributed by atoms with Crippen LogP contribution in [0.1, 0.15) is 33.5 Å². The zero-order chi connectivity index (χ0) is 27.3. The highest BCUT2D eigenvalue weighted by atomic mass is 19.1. The summed E-state index contributed by atoms with van der Waals surface area (Å²) in [5.74, 6) is -1.24. The molecule has 3 aromatic rings. The van der Waals surface area contributed by atoms with Crippen molar-refractivity contribution in [2.45, 2.75) is 26.7 Å². The highest BCUT2D eigenvalue weighted by Crippen LogP contribution is 2.35. The number of carbonyl (C=O) groups is 3. The van der Waals surface area contributed by atoms with E-state index in [-0.39, 0.29) is 40.6 Å². The topological polar surface area (TPSA) is 113 Å². The molecule has 194 valence electrons. The number of hydrogen-bond acceptors (Lipinski definition) is 5. The summed E-state index contributed by atoms with van der Waals surface area (Å²) in [5.41, 5.74) is 1.69. The van der Waals surface area contributed by atoms with E-state index in [1.54, 1.807) is 38.2 Å². The van der Waals surface area contributed by atoms with Crippen molar-refractivity contribution < 1.29 is 18.8 Å². The second kappa shape index (κ2) is 11.5. The van der Waals surface area contributed by atoms with Crippen LogP contribution >= 0.6 is 0 Å². The molecule has 0 aliphatic heterocycles. The quantitative estimate of drug-likeness (QED) is 0.385. The van der Waals surface area contributed by atoms with Gasteiger partial charge in [0.2, 0.25) is 12.3 Å². The molecule has 0 radical (unpaired) electrons. The summed E-state index contributed by atoms with van der Waals surface area (Å²) in [5, 5.41) is 8.00. The van der Waals surface area contributed by atoms with Gasteiger partial charge in [-0.25, -0.2) is 4.39 Å². The van der Waals surface area contributed by atoms with Crippen molar-refractivity contribution in [3.8, 4) is 0 Å². The molecule has 0 atom stereocenters. The predicted molar refractivity (Wildman–Crippen MR) is 141 cm³/mol. The fourth-order valence-electron chi connectivity index (χ4n) is 4.05. The van der Waals surface area contributed by atoms with Gasteiger partial charge in [0, 0.05) is 38.8 Å². The number of nitrogens with zero attached hydrogens (tertiary/aromatic N) is 2. The molecule has 1 heterocycles. The molecule has 0 bridgehead atoms. The Bertz CT molecular complexity index is 1420. The first kappa shape index (κ1) is 27.1. The van der Waals surface area contributed by atoms with Crippen LogP contribution in [0.2, 0.25) is 0 Å². The first-order valence-corrected chi connectivity index (χ1v) is 11.7. The summed E-state index contributed by atoms with van der Waals surface area (Å²) < 4.78 is 15.9. The zero-order valence-corrected chi connectivity index (χ0v) is 21.4. The van der Waals surface area contributed by atoms with E-state index in [9.17, 15) is 23.6 Å². The van der Waals surface area contributed by atoms with Gasteiger partial charge in [-0.15, -0.1) is 0 Å². The summed E-state index contributed by atoms with van der Waals surface area (Å²) in [6.07, 6.45) is 1.20. The van der Waals surface area contributed by atoms with Crippen LogP contribution in [0, 0.1) is 19.7 Å². The number of nitrogens with one attached hydrogen (secondary N) is 3. The molecule has 0 saturated carbocycles. The fraction of sp³-hybridized carbons (Fsp3) is 0.259. The largest absolute Gasteiger partial charge is 0.359 e. The van der Waals surface area contributed by atoms with E-state index in [1.165, 1.54) is 42.6 Å². The molecule has 0 aliphatic carbocycles. The van der Waals surface area contributed by atoms with Gasteiger partial charge >= 0.3 is 0 Å². The highest BCUT2D eigenvalue weighted by molar-refractivity contribution is 6.08. The van der Waals surface area contributed by atoms with Crippen molar-refractivity contribution in [2.75, 3.05) is 24.3 Å². The second-order valence-corrected chi connectivity index (χ2v) is 8.57. The van der Waals surface area contributed by atoms with E-state index in [1.807, 2.05) is 6.07 Å². The Hall–Kier alpha value is -4.47. The zero-order valence-electron chi connectivity index (χ0n) is 21.4.